The molecule has 4 aromatic rings. The Labute approximate surface area is 313 Å². The normalized spacial score (nSPS) is 37.4. The molecule has 6 saturated carbocycles. The van der Waals surface area contributed by atoms with Gasteiger partial charge in [-0.1, -0.05) is 60.7 Å². The number of aliphatic hydroxyl groups is 4. The molecule has 4 N–H and O–H groups in total. The predicted octanol–water partition coefficient (Wildman–Crippen LogP) is 4.46. The molecule has 54 heavy (non-hydrogen) atoms. The van der Waals surface area contributed by atoms with Crippen molar-refractivity contribution in [3.63, 3.8) is 0 Å². The zero-order valence-corrected chi connectivity index (χ0v) is 30.1. The second kappa shape index (κ2) is 12.4. The van der Waals surface area contributed by atoms with Crippen molar-refractivity contribution in [2.45, 2.75) is 11.8 Å². The first-order chi connectivity index (χ1) is 26.3. The lowest BCUT2D eigenvalue weighted by Gasteiger charge is -2.97. The molecule has 0 unspecified atom stereocenters. The van der Waals surface area contributed by atoms with Crippen LogP contribution in [0.25, 0.3) is 0 Å². The fourth-order valence-electron chi connectivity index (χ4n) is 14.0. The van der Waals surface area contributed by atoms with E-state index in [9.17, 15) is 30.0 Å². The van der Waals surface area contributed by atoms with Crippen molar-refractivity contribution in [3.8, 4) is 23.0 Å². The molecule has 0 saturated heterocycles. The Balaban J connectivity index is 1.33. The molecule has 0 atom stereocenters. The lowest BCUT2D eigenvalue weighted by atomic mass is 9.05. The maximum absolute atomic E-state index is 14.9. The van der Waals surface area contributed by atoms with E-state index in [-0.39, 0.29) is 0 Å². The highest BCUT2D eigenvalue weighted by Crippen LogP contribution is 3.00. The number of benzene rings is 4. The lowest BCUT2D eigenvalue weighted by Crippen LogP contribution is -2.98. The Morgan fingerprint density at radius 1 is 0.463 bits per heavy atom. The number of carbonyl (C=O) groups excluding carboxylic acids is 2. The zero-order valence-electron chi connectivity index (χ0n) is 30.1. The predicted molar refractivity (Wildman–Crippen MR) is 195 cm³/mol. The summed E-state index contributed by atoms with van der Waals surface area (Å²) in [5.41, 5.74) is -3.15. The van der Waals surface area contributed by atoms with Gasteiger partial charge in [-0.25, -0.2) is 0 Å². The van der Waals surface area contributed by atoms with Crippen LogP contribution in [0.2, 0.25) is 0 Å². The highest BCUT2D eigenvalue weighted by atomic mass is 16.5. The number of methoxy groups -OCH3 is 2. The van der Waals surface area contributed by atoms with Crippen LogP contribution in [-0.2, 0) is 9.59 Å². The molecule has 10 rings (SSSR count). The summed E-state index contributed by atoms with van der Waals surface area (Å²) in [4.78, 5) is 29.8. The van der Waals surface area contributed by atoms with Gasteiger partial charge in [-0.15, -0.1) is 0 Å². The van der Waals surface area contributed by atoms with Crippen LogP contribution in [-0.4, -0.2) is 73.0 Å². The average Bonchev–Trinajstić information content (AvgIpc) is 3.20. The number of carbonyl (C=O) groups is 2. The van der Waals surface area contributed by atoms with Gasteiger partial charge in [-0.3, -0.25) is 9.59 Å². The largest absolute Gasteiger partial charge is 0.497 e. The van der Waals surface area contributed by atoms with Crippen molar-refractivity contribution >= 4 is 11.9 Å². The van der Waals surface area contributed by atoms with E-state index in [4.69, 9.17) is 18.9 Å². The van der Waals surface area contributed by atoms with Crippen LogP contribution in [0.15, 0.2) is 109 Å². The van der Waals surface area contributed by atoms with Gasteiger partial charge in [0.2, 0.25) is 0 Å². The van der Waals surface area contributed by atoms with Crippen LogP contribution < -0.4 is 18.9 Å². The van der Waals surface area contributed by atoms with E-state index < -0.39 is 107 Å². The first-order valence-corrected chi connectivity index (χ1v) is 18.5. The first-order valence-electron chi connectivity index (χ1n) is 18.5. The fourth-order valence-corrected chi connectivity index (χ4v) is 14.0. The second-order valence-corrected chi connectivity index (χ2v) is 15.9. The van der Waals surface area contributed by atoms with Crippen LogP contribution in [0.3, 0.4) is 0 Å². The van der Waals surface area contributed by atoms with Crippen molar-refractivity contribution in [2.75, 3.05) is 40.6 Å². The molecule has 10 heteroatoms. The summed E-state index contributed by atoms with van der Waals surface area (Å²) in [6.45, 7) is -1.75. The Kier molecular flexibility index (Phi) is 8.03. The number of ether oxygens (including phenoxy) is 4. The fraction of sp³-hybridized carbons (Fsp3) is 0.409. The molecular weight excluding hydrogens is 688 g/mol. The quantitative estimate of drug-likeness (QED) is 0.121. The summed E-state index contributed by atoms with van der Waals surface area (Å²) in [5, 5.41) is 48.2. The van der Waals surface area contributed by atoms with Crippen molar-refractivity contribution in [1.29, 1.82) is 0 Å². The molecule has 0 amide bonds. The molecule has 6 aliphatic carbocycles. The number of hydrogen-bond donors (Lipinski definition) is 4. The minimum absolute atomic E-state index is 0.341. The molecule has 10 nitrogen and oxygen atoms in total. The van der Waals surface area contributed by atoms with Crippen LogP contribution >= 0.6 is 0 Å². The third kappa shape index (κ3) is 3.99. The number of esters is 2. The summed E-state index contributed by atoms with van der Waals surface area (Å²) in [7, 11) is 3.15. The molecule has 0 aromatic heterocycles. The summed E-state index contributed by atoms with van der Waals surface area (Å²) in [5.74, 6) is -5.06. The highest BCUT2D eigenvalue weighted by molar-refractivity contribution is 5.83. The molecule has 0 spiro atoms. The summed E-state index contributed by atoms with van der Waals surface area (Å²) < 4.78 is 23.3. The summed E-state index contributed by atoms with van der Waals surface area (Å²) in [6.07, 6.45) is 0. The van der Waals surface area contributed by atoms with Gasteiger partial charge in [0.25, 0.3) is 0 Å². The van der Waals surface area contributed by atoms with Gasteiger partial charge >= 0.3 is 11.9 Å². The van der Waals surface area contributed by atoms with E-state index in [0.29, 0.717) is 23.0 Å². The van der Waals surface area contributed by atoms with Crippen LogP contribution in [0, 0.1) is 57.2 Å². The number of rotatable bonds is 12. The van der Waals surface area contributed by atoms with Crippen molar-refractivity contribution in [1.82, 2.24) is 0 Å². The van der Waals surface area contributed by atoms with Crippen LogP contribution in [0.5, 0.6) is 23.0 Å². The number of hydrogen-bond acceptors (Lipinski definition) is 10. The second-order valence-electron chi connectivity index (χ2n) is 15.9. The molecule has 6 aliphatic rings. The maximum Gasteiger partial charge on any atom is 0.314 e. The smallest absolute Gasteiger partial charge is 0.314 e. The van der Waals surface area contributed by atoms with E-state index >= 15 is 0 Å². The molecule has 280 valence electrons. The molecule has 8 bridgehead atoms. The first kappa shape index (κ1) is 35.0. The minimum atomic E-state index is -1.19. The van der Waals surface area contributed by atoms with E-state index in [1.807, 2.05) is 60.7 Å². The molecule has 4 aromatic carbocycles. The molecule has 0 radical (unpaired) electrons. The minimum Gasteiger partial charge on any atom is -0.497 e. The maximum atomic E-state index is 14.9. The summed E-state index contributed by atoms with van der Waals surface area (Å²) in [6, 6.07) is 32.5. The lowest BCUT2D eigenvalue weighted by molar-refractivity contribution is -0.502. The van der Waals surface area contributed by atoms with Crippen LogP contribution in [0.1, 0.15) is 23.0 Å². The van der Waals surface area contributed by atoms with E-state index in [1.54, 1.807) is 62.8 Å². The van der Waals surface area contributed by atoms with Gasteiger partial charge in [-0.2, -0.15) is 0 Å². The standard InChI is InChI=1S/C44H44O10/c1-51-27-17-13-25(14-18-27)33-41(21-45)35-31(39(49)53-29-9-5-3-6-10-29)36-42(33,22-46)38-32(40(50)54-30-11-7-4-8-12-30)37(41)43(35,23-47)34(44(36,38)24-48)26-15-19-28(52-2)20-16-26/h3-20,31-38,45-48H,21-24H2,1-2H3. The Hall–Kier alpha value is -4.74. The molecular formula is C44H44O10. The summed E-state index contributed by atoms with van der Waals surface area (Å²) >= 11 is 0. The van der Waals surface area contributed by atoms with Crippen molar-refractivity contribution < 1.29 is 49.0 Å². The van der Waals surface area contributed by atoms with Gasteiger partial charge in [0, 0.05) is 59.9 Å². The van der Waals surface area contributed by atoms with E-state index in [2.05, 4.69) is 0 Å². The molecule has 0 heterocycles. The van der Waals surface area contributed by atoms with Gasteiger partial charge in [0.05, 0.1) is 26.1 Å². The van der Waals surface area contributed by atoms with Crippen molar-refractivity contribution in [3.05, 3.63) is 120 Å². The van der Waals surface area contributed by atoms with Gasteiger partial charge in [0.15, 0.2) is 0 Å². The average molecular weight is 733 g/mol. The van der Waals surface area contributed by atoms with Gasteiger partial charge < -0.3 is 39.4 Å². The van der Waals surface area contributed by atoms with Crippen LogP contribution in [0.4, 0.5) is 0 Å². The third-order valence-electron chi connectivity index (χ3n) is 14.7. The SMILES string of the molecule is COc1ccc(C2C3(CO)C4C(C(=O)Oc5ccccc5)C5C2(CO)C2C(C(=O)Oc6ccccc6)C3C4(CO)C(c3ccc(OC)cc3)C52CO)cc1. The van der Waals surface area contributed by atoms with Gasteiger partial charge in [0.1, 0.15) is 23.0 Å². The Morgan fingerprint density at radius 2 is 0.759 bits per heavy atom. The van der Waals surface area contributed by atoms with E-state index in [0.717, 1.165) is 11.1 Å². The van der Waals surface area contributed by atoms with Gasteiger partial charge in [-0.05, 0) is 83.3 Å². The van der Waals surface area contributed by atoms with Crippen molar-refractivity contribution in [2.24, 2.45) is 57.2 Å². The zero-order chi connectivity index (χ0) is 37.6. The molecule has 6 fully saturated rings. The molecule has 0 aliphatic heterocycles. The highest BCUT2D eigenvalue weighted by Gasteiger charge is 3.01. The van der Waals surface area contributed by atoms with E-state index in [1.165, 1.54) is 0 Å². The Bertz CT molecular complexity index is 1840. The number of para-hydroxylation sites is 2. The third-order valence-corrected chi connectivity index (χ3v) is 14.7. The number of aliphatic hydroxyl groups excluding tert-OH is 4. The topological polar surface area (TPSA) is 152 Å². The monoisotopic (exact) mass is 732 g/mol. The Morgan fingerprint density at radius 3 is 1.02 bits per heavy atom.